The van der Waals surface area contributed by atoms with E-state index in [1.165, 1.54) is 0 Å². The molecule has 0 aliphatic carbocycles. The molecule has 0 amide bonds. The zero-order chi connectivity index (χ0) is 8.97. The summed E-state index contributed by atoms with van der Waals surface area (Å²) in [5.41, 5.74) is 0. The Morgan fingerprint density at radius 3 is 3.00 bits per heavy atom. The lowest BCUT2D eigenvalue weighted by molar-refractivity contribution is 0.177. The summed E-state index contributed by atoms with van der Waals surface area (Å²) < 4.78 is 2.09. The summed E-state index contributed by atoms with van der Waals surface area (Å²) in [5, 5.41) is 9.08. The average molecular weight is 168 g/mol. The van der Waals surface area contributed by atoms with Crippen LogP contribution in [-0.2, 0) is 13.0 Å². The molecule has 1 unspecified atom stereocenters. The monoisotopic (exact) mass is 168 g/mol. The van der Waals surface area contributed by atoms with Gasteiger partial charge in [0.15, 0.2) is 0 Å². The predicted molar refractivity (Wildman–Crippen MR) is 47.9 cm³/mol. The van der Waals surface area contributed by atoms with Gasteiger partial charge in [0.05, 0.1) is 6.10 Å². The maximum atomic E-state index is 9.08. The molecule has 12 heavy (non-hydrogen) atoms. The normalized spacial score (nSPS) is 13.2. The first-order chi connectivity index (χ1) is 5.74. The van der Waals surface area contributed by atoms with E-state index in [9.17, 15) is 0 Å². The molecule has 1 atom stereocenters. The van der Waals surface area contributed by atoms with Crippen LogP contribution in [0.15, 0.2) is 12.4 Å². The molecule has 68 valence electrons. The van der Waals surface area contributed by atoms with E-state index >= 15 is 0 Å². The Bertz CT molecular complexity index is 230. The lowest BCUT2D eigenvalue weighted by Crippen LogP contribution is -2.08. The second-order valence-electron chi connectivity index (χ2n) is 3.03. The molecule has 0 aliphatic heterocycles. The van der Waals surface area contributed by atoms with E-state index in [1.54, 1.807) is 6.20 Å². The topological polar surface area (TPSA) is 38.0 Å². The van der Waals surface area contributed by atoms with Gasteiger partial charge in [0.1, 0.15) is 5.82 Å². The highest BCUT2D eigenvalue weighted by atomic mass is 16.3. The van der Waals surface area contributed by atoms with Crippen molar-refractivity contribution < 1.29 is 5.11 Å². The van der Waals surface area contributed by atoms with Crippen LogP contribution in [0.25, 0.3) is 0 Å². The van der Waals surface area contributed by atoms with Crippen LogP contribution < -0.4 is 0 Å². The number of hydrogen-bond acceptors (Lipinski definition) is 2. The number of aliphatic hydroxyl groups is 1. The fourth-order valence-corrected chi connectivity index (χ4v) is 1.18. The molecule has 3 nitrogen and oxygen atoms in total. The predicted octanol–water partition coefficient (Wildman–Crippen LogP) is 1.22. The molecule has 0 radical (unpaired) electrons. The molecule has 3 heteroatoms. The minimum absolute atomic E-state index is 0.225. The first-order valence-corrected chi connectivity index (χ1v) is 4.42. The molecule has 0 aliphatic rings. The van der Waals surface area contributed by atoms with E-state index in [0.29, 0.717) is 0 Å². The summed E-state index contributed by atoms with van der Waals surface area (Å²) in [7, 11) is 0. The Morgan fingerprint density at radius 1 is 1.67 bits per heavy atom. The van der Waals surface area contributed by atoms with E-state index < -0.39 is 0 Å². The highest BCUT2D eigenvalue weighted by molar-refractivity contribution is 4.91. The molecule has 1 N–H and O–H groups in total. The van der Waals surface area contributed by atoms with Gasteiger partial charge in [-0.05, 0) is 13.3 Å². The smallest absolute Gasteiger partial charge is 0.108 e. The van der Waals surface area contributed by atoms with Crippen LogP contribution in [0.2, 0.25) is 0 Å². The van der Waals surface area contributed by atoms with Crippen molar-refractivity contribution in [2.24, 2.45) is 0 Å². The van der Waals surface area contributed by atoms with Gasteiger partial charge in [0, 0.05) is 25.4 Å². The van der Waals surface area contributed by atoms with Crippen molar-refractivity contribution in [3.8, 4) is 0 Å². The molecular formula is C9H16N2O. The van der Waals surface area contributed by atoms with Crippen LogP contribution in [0.4, 0.5) is 0 Å². The SMILES string of the molecule is CCc1nccn1CCC(C)O. The molecule has 1 heterocycles. The fraction of sp³-hybridized carbons (Fsp3) is 0.667. The Kier molecular flexibility index (Phi) is 3.29. The number of nitrogens with zero attached hydrogens (tertiary/aromatic N) is 2. The quantitative estimate of drug-likeness (QED) is 0.734. The van der Waals surface area contributed by atoms with Gasteiger partial charge in [-0.15, -0.1) is 0 Å². The highest BCUT2D eigenvalue weighted by Gasteiger charge is 2.01. The largest absolute Gasteiger partial charge is 0.393 e. The molecular weight excluding hydrogens is 152 g/mol. The van der Waals surface area contributed by atoms with Gasteiger partial charge >= 0.3 is 0 Å². The van der Waals surface area contributed by atoms with E-state index in [-0.39, 0.29) is 6.10 Å². The Labute approximate surface area is 73.1 Å². The molecule has 0 aromatic carbocycles. The standard InChI is InChI=1S/C9H16N2O/c1-3-9-10-5-7-11(9)6-4-8(2)12/h5,7-8,12H,3-4,6H2,1-2H3. The molecule has 1 aromatic heterocycles. The van der Waals surface area contributed by atoms with Crippen LogP contribution >= 0.6 is 0 Å². The van der Waals surface area contributed by atoms with E-state index in [1.807, 2.05) is 13.1 Å². The molecule has 1 aromatic rings. The van der Waals surface area contributed by atoms with Crippen LogP contribution in [0.1, 0.15) is 26.1 Å². The fourth-order valence-electron chi connectivity index (χ4n) is 1.18. The van der Waals surface area contributed by atoms with Crippen LogP contribution in [0, 0.1) is 0 Å². The number of aromatic nitrogens is 2. The van der Waals surface area contributed by atoms with Crippen molar-refractivity contribution in [1.82, 2.24) is 9.55 Å². The first kappa shape index (κ1) is 9.26. The summed E-state index contributed by atoms with van der Waals surface area (Å²) in [6.07, 6.45) is 5.29. The maximum absolute atomic E-state index is 9.08. The van der Waals surface area contributed by atoms with Crippen molar-refractivity contribution in [1.29, 1.82) is 0 Å². The summed E-state index contributed by atoms with van der Waals surface area (Å²) >= 11 is 0. The summed E-state index contributed by atoms with van der Waals surface area (Å²) in [5.74, 6) is 1.09. The van der Waals surface area contributed by atoms with Gasteiger partial charge in [0.2, 0.25) is 0 Å². The van der Waals surface area contributed by atoms with Crippen molar-refractivity contribution in [2.75, 3.05) is 0 Å². The summed E-state index contributed by atoms with van der Waals surface area (Å²) in [4.78, 5) is 4.19. The molecule has 0 spiro atoms. The number of aryl methyl sites for hydroxylation is 2. The van der Waals surface area contributed by atoms with Gasteiger partial charge in [-0.1, -0.05) is 6.92 Å². The zero-order valence-electron chi connectivity index (χ0n) is 7.70. The Balaban J connectivity index is 2.50. The third-order valence-electron chi connectivity index (χ3n) is 1.91. The van der Waals surface area contributed by atoms with Gasteiger partial charge in [-0.3, -0.25) is 0 Å². The molecule has 0 saturated heterocycles. The third kappa shape index (κ3) is 2.34. The van der Waals surface area contributed by atoms with Crippen LogP contribution in [0.3, 0.4) is 0 Å². The molecule has 0 bridgehead atoms. The van der Waals surface area contributed by atoms with Gasteiger partial charge in [0.25, 0.3) is 0 Å². The lowest BCUT2D eigenvalue weighted by atomic mass is 10.3. The molecule has 1 rings (SSSR count). The summed E-state index contributed by atoms with van der Waals surface area (Å²) in [6.45, 7) is 4.75. The van der Waals surface area contributed by atoms with Crippen molar-refractivity contribution >= 4 is 0 Å². The maximum Gasteiger partial charge on any atom is 0.108 e. The highest BCUT2D eigenvalue weighted by Crippen LogP contribution is 2.01. The second kappa shape index (κ2) is 4.26. The minimum atomic E-state index is -0.225. The van der Waals surface area contributed by atoms with Gasteiger partial charge < -0.3 is 9.67 Å². The number of imidazole rings is 1. The summed E-state index contributed by atoms with van der Waals surface area (Å²) in [6, 6.07) is 0. The van der Waals surface area contributed by atoms with Gasteiger partial charge in [-0.25, -0.2) is 4.98 Å². The van der Waals surface area contributed by atoms with Crippen LogP contribution in [0.5, 0.6) is 0 Å². The number of aliphatic hydroxyl groups excluding tert-OH is 1. The van der Waals surface area contributed by atoms with Crippen molar-refractivity contribution in [3.63, 3.8) is 0 Å². The van der Waals surface area contributed by atoms with Crippen molar-refractivity contribution in [2.45, 2.75) is 39.3 Å². The Morgan fingerprint density at radius 2 is 2.42 bits per heavy atom. The third-order valence-corrected chi connectivity index (χ3v) is 1.91. The second-order valence-corrected chi connectivity index (χ2v) is 3.03. The van der Waals surface area contributed by atoms with Crippen LogP contribution in [-0.4, -0.2) is 20.8 Å². The van der Waals surface area contributed by atoms with Crippen molar-refractivity contribution in [3.05, 3.63) is 18.2 Å². The van der Waals surface area contributed by atoms with E-state index in [0.717, 1.165) is 25.2 Å². The minimum Gasteiger partial charge on any atom is -0.393 e. The van der Waals surface area contributed by atoms with Gasteiger partial charge in [-0.2, -0.15) is 0 Å². The average Bonchev–Trinajstić information content (AvgIpc) is 2.47. The van der Waals surface area contributed by atoms with E-state index in [4.69, 9.17) is 5.11 Å². The number of hydrogen-bond donors (Lipinski definition) is 1. The number of rotatable bonds is 4. The molecule has 0 saturated carbocycles. The lowest BCUT2D eigenvalue weighted by Gasteiger charge is -2.07. The van der Waals surface area contributed by atoms with E-state index in [2.05, 4.69) is 16.5 Å². The Hall–Kier alpha value is -0.830. The zero-order valence-corrected chi connectivity index (χ0v) is 7.70. The molecule has 0 fully saturated rings. The first-order valence-electron chi connectivity index (χ1n) is 4.42.